The molecule has 5 nitrogen and oxygen atoms in total. The molecule has 1 aliphatic rings. The van der Waals surface area contributed by atoms with Crippen molar-refractivity contribution in [3.05, 3.63) is 35.4 Å². The van der Waals surface area contributed by atoms with Crippen LogP contribution in [0.2, 0.25) is 0 Å². The maximum absolute atomic E-state index is 12.4. The third-order valence-corrected chi connectivity index (χ3v) is 2.94. The first-order valence-electron chi connectivity index (χ1n) is 6.47. The summed E-state index contributed by atoms with van der Waals surface area (Å²) in [5.74, 6) is 5.36. The molecule has 0 saturated carbocycles. The zero-order valence-corrected chi connectivity index (χ0v) is 11.1. The molecule has 2 amide bonds. The summed E-state index contributed by atoms with van der Waals surface area (Å²) in [5.41, 5.74) is 1.12. The highest BCUT2D eigenvalue weighted by Gasteiger charge is 2.23. The van der Waals surface area contributed by atoms with Crippen LogP contribution in [0.4, 0.5) is 0 Å². The maximum Gasteiger partial charge on any atom is 0.255 e. The van der Waals surface area contributed by atoms with Crippen LogP contribution in [0, 0.1) is 11.8 Å². The molecule has 0 aromatic heterocycles. The molecular weight excluding hydrogens is 256 g/mol. The standard InChI is InChI=1S/C15H16N2O3/c18-10-4-3-6-12-5-1-2-7-13(12)15(20)17-9-8-16-14(19)11-17/h1-2,5,7,18H,4,8-11H2,(H,16,19). The smallest absolute Gasteiger partial charge is 0.255 e. The first-order valence-corrected chi connectivity index (χ1v) is 6.47. The lowest BCUT2D eigenvalue weighted by atomic mass is 10.1. The average Bonchev–Trinajstić information content (AvgIpc) is 2.47. The Morgan fingerprint density at radius 1 is 1.40 bits per heavy atom. The molecule has 0 atom stereocenters. The minimum Gasteiger partial charge on any atom is -0.395 e. The monoisotopic (exact) mass is 272 g/mol. The van der Waals surface area contributed by atoms with Crippen LogP contribution in [0.25, 0.3) is 0 Å². The van der Waals surface area contributed by atoms with Gasteiger partial charge >= 0.3 is 0 Å². The third-order valence-electron chi connectivity index (χ3n) is 2.94. The number of hydrogen-bond acceptors (Lipinski definition) is 3. The molecule has 2 N–H and O–H groups in total. The summed E-state index contributed by atoms with van der Waals surface area (Å²) >= 11 is 0. The van der Waals surface area contributed by atoms with Crippen LogP contribution in [0.5, 0.6) is 0 Å². The zero-order chi connectivity index (χ0) is 14.4. The van der Waals surface area contributed by atoms with Gasteiger partial charge in [-0.2, -0.15) is 0 Å². The Bertz CT molecular complexity index is 572. The van der Waals surface area contributed by atoms with Crippen LogP contribution in [0.1, 0.15) is 22.3 Å². The number of carbonyl (C=O) groups is 2. The highest BCUT2D eigenvalue weighted by atomic mass is 16.2. The van der Waals surface area contributed by atoms with Gasteiger partial charge in [0, 0.05) is 25.1 Å². The summed E-state index contributed by atoms with van der Waals surface area (Å²) in [6.45, 7) is 1.05. The van der Waals surface area contributed by atoms with Crippen LogP contribution in [-0.4, -0.2) is 48.1 Å². The summed E-state index contributed by atoms with van der Waals surface area (Å²) in [7, 11) is 0. The number of piperazine rings is 1. The fourth-order valence-electron chi connectivity index (χ4n) is 1.97. The van der Waals surface area contributed by atoms with Crippen molar-refractivity contribution in [2.45, 2.75) is 6.42 Å². The molecule has 5 heteroatoms. The number of amides is 2. The van der Waals surface area contributed by atoms with Crippen molar-refractivity contribution in [2.24, 2.45) is 0 Å². The first-order chi connectivity index (χ1) is 9.72. The van der Waals surface area contributed by atoms with Gasteiger partial charge in [0.2, 0.25) is 5.91 Å². The van der Waals surface area contributed by atoms with Crippen LogP contribution < -0.4 is 5.32 Å². The number of carbonyl (C=O) groups excluding carboxylic acids is 2. The van der Waals surface area contributed by atoms with Gasteiger partial charge < -0.3 is 15.3 Å². The van der Waals surface area contributed by atoms with E-state index < -0.39 is 0 Å². The van der Waals surface area contributed by atoms with Gasteiger partial charge in [-0.25, -0.2) is 0 Å². The summed E-state index contributed by atoms with van der Waals surface area (Å²) in [6.07, 6.45) is 0.370. The number of rotatable bonds is 2. The van der Waals surface area contributed by atoms with Crippen LogP contribution in [0.15, 0.2) is 24.3 Å². The fourth-order valence-corrected chi connectivity index (χ4v) is 1.97. The number of aliphatic hydroxyl groups is 1. The molecule has 1 saturated heterocycles. The molecule has 0 radical (unpaired) electrons. The van der Waals surface area contributed by atoms with Crippen molar-refractivity contribution < 1.29 is 14.7 Å². The van der Waals surface area contributed by atoms with E-state index in [1.807, 2.05) is 6.07 Å². The minimum atomic E-state index is -0.186. The second-order valence-electron chi connectivity index (χ2n) is 4.40. The molecule has 104 valence electrons. The van der Waals surface area contributed by atoms with E-state index in [0.717, 1.165) is 0 Å². The topological polar surface area (TPSA) is 69.6 Å². The summed E-state index contributed by atoms with van der Waals surface area (Å²) in [6, 6.07) is 7.05. The summed E-state index contributed by atoms with van der Waals surface area (Å²) in [4.78, 5) is 25.3. The van der Waals surface area contributed by atoms with Crippen LogP contribution in [0.3, 0.4) is 0 Å². The minimum absolute atomic E-state index is 0.00455. The van der Waals surface area contributed by atoms with E-state index in [-0.39, 0.29) is 25.0 Å². The van der Waals surface area contributed by atoms with Gasteiger partial charge in [-0.05, 0) is 12.1 Å². The van der Waals surface area contributed by atoms with E-state index in [1.54, 1.807) is 18.2 Å². The van der Waals surface area contributed by atoms with E-state index in [9.17, 15) is 9.59 Å². The molecule has 20 heavy (non-hydrogen) atoms. The highest BCUT2D eigenvalue weighted by Crippen LogP contribution is 2.11. The first kappa shape index (κ1) is 14.1. The second-order valence-corrected chi connectivity index (χ2v) is 4.40. The molecule has 0 bridgehead atoms. The summed E-state index contributed by atoms with van der Waals surface area (Å²) < 4.78 is 0. The van der Waals surface area contributed by atoms with E-state index in [4.69, 9.17) is 5.11 Å². The molecule has 0 spiro atoms. The van der Waals surface area contributed by atoms with Gasteiger partial charge in [0.05, 0.1) is 18.7 Å². The fraction of sp³-hybridized carbons (Fsp3) is 0.333. The number of nitrogens with zero attached hydrogens (tertiary/aromatic N) is 1. The lowest BCUT2D eigenvalue weighted by Gasteiger charge is -2.27. The Morgan fingerprint density at radius 3 is 2.95 bits per heavy atom. The number of benzene rings is 1. The van der Waals surface area contributed by atoms with E-state index >= 15 is 0 Å². The Hall–Kier alpha value is -2.32. The number of hydrogen-bond donors (Lipinski definition) is 2. The van der Waals surface area contributed by atoms with Crippen molar-refractivity contribution in [3.8, 4) is 11.8 Å². The van der Waals surface area contributed by atoms with E-state index in [1.165, 1.54) is 4.90 Å². The Labute approximate surface area is 117 Å². The maximum atomic E-state index is 12.4. The van der Waals surface area contributed by atoms with Crippen molar-refractivity contribution in [2.75, 3.05) is 26.2 Å². The van der Waals surface area contributed by atoms with Crippen molar-refractivity contribution in [1.29, 1.82) is 0 Å². The molecule has 0 aliphatic carbocycles. The molecule has 1 heterocycles. The van der Waals surface area contributed by atoms with E-state index in [0.29, 0.717) is 30.6 Å². The predicted octanol–water partition coefficient (Wildman–Crippen LogP) is -0.00750. The van der Waals surface area contributed by atoms with Gasteiger partial charge in [-0.15, -0.1) is 0 Å². The molecular formula is C15H16N2O3. The molecule has 1 fully saturated rings. The Kier molecular flexibility index (Phi) is 4.75. The SMILES string of the molecule is O=C1CN(C(=O)c2ccccc2C#CCCO)CCN1. The molecule has 1 aromatic rings. The molecule has 1 aliphatic heterocycles. The largest absolute Gasteiger partial charge is 0.395 e. The van der Waals surface area contributed by atoms with Crippen LogP contribution >= 0.6 is 0 Å². The number of nitrogens with one attached hydrogen (secondary N) is 1. The molecule has 2 rings (SSSR count). The van der Waals surface area contributed by atoms with Crippen LogP contribution in [-0.2, 0) is 4.79 Å². The third kappa shape index (κ3) is 3.37. The van der Waals surface area contributed by atoms with Gasteiger partial charge in [0.15, 0.2) is 0 Å². The molecule has 1 aromatic carbocycles. The summed E-state index contributed by atoms with van der Waals surface area (Å²) in [5, 5.41) is 11.4. The number of aliphatic hydroxyl groups excluding tert-OH is 1. The lowest BCUT2D eigenvalue weighted by molar-refractivity contribution is -0.123. The highest BCUT2D eigenvalue weighted by molar-refractivity contribution is 5.99. The Balaban J connectivity index is 2.21. The normalized spacial score (nSPS) is 14.2. The Morgan fingerprint density at radius 2 is 2.20 bits per heavy atom. The van der Waals surface area contributed by atoms with Gasteiger partial charge in [0.25, 0.3) is 5.91 Å². The lowest BCUT2D eigenvalue weighted by Crippen LogP contribution is -2.50. The van der Waals surface area contributed by atoms with E-state index in [2.05, 4.69) is 17.2 Å². The van der Waals surface area contributed by atoms with Crippen molar-refractivity contribution in [3.63, 3.8) is 0 Å². The van der Waals surface area contributed by atoms with Crippen molar-refractivity contribution >= 4 is 11.8 Å². The average molecular weight is 272 g/mol. The zero-order valence-electron chi connectivity index (χ0n) is 11.1. The van der Waals surface area contributed by atoms with Gasteiger partial charge in [-0.1, -0.05) is 24.0 Å². The predicted molar refractivity (Wildman–Crippen MR) is 73.9 cm³/mol. The van der Waals surface area contributed by atoms with Crippen molar-refractivity contribution in [1.82, 2.24) is 10.2 Å². The second kappa shape index (κ2) is 6.73. The quantitative estimate of drug-likeness (QED) is 0.744. The van der Waals surface area contributed by atoms with Gasteiger partial charge in [-0.3, -0.25) is 9.59 Å². The van der Waals surface area contributed by atoms with Gasteiger partial charge in [0.1, 0.15) is 0 Å². The molecule has 0 unspecified atom stereocenters.